The standard InChI is InChI=1S/C20H28N2O8S/c1-6-29-18(23)14-10-11-21(19(24)30-20(3,4)5)17(14)15-12-13(22(25)26)8-9-16(15)31(27,28)7-2/h8-9,12,14,17H,6-7,10-11H2,1-5H3/t14-,17?/m1/s1. The van der Waals surface area contributed by atoms with Crippen molar-refractivity contribution in [3.8, 4) is 0 Å². The van der Waals surface area contributed by atoms with Crippen molar-refractivity contribution in [3.05, 3.63) is 33.9 Å². The lowest BCUT2D eigenvalue weighted by Crippen LogP contribution is -2.38. The number of carbonyl (C=O) groups is 2. The number of sulfone groups is 1. The number of likely N-dealkylation sites (tertiary alicyclic amines) is 1. The maximum atomic E-state index is 12.9. The number of amides is 1. The molecule has 0 saturated carbocycles. The van der Waals surface area contributed by atoms with Gasteiger partial charge in [-0.1, -0.05) is 6.92 Å². The normalized spacial score (nSPS) is 19.2. The van der Waals surface area contributed by atoms with Crippen LogP contribution in [0, 0.1) is 16.0 Å². The average molecular weight is 457 g/mol. The monoisotopic (exact) mass is 456 g/mol. The highest BCUT2D eigenvalue weighted by molar-refractivity contribution is 7.91. The van der Waals surface area contributed by atoms with E-state index in [9.17, 15) is 28.1 Å². The molecule has 0 N–H and O–H groups in total. The molecule has 1 amide bonds. The lowest BCUT2D eigenvalue weighted by atomic mass is 9.93. The number of rotatable bonds is 6. The van der Waals surface area contributed by atoms with Crippen LogP contribution in [-0.2, 0) is 24.1 Å². The molecule has 1 aromatic rings. The molecule has 1 fully saturated rings. The van der Waals surface area contributed by atoms with Gasteiger partial charge in [0, 0.05) is 24.2 Å². The summed E-state index contributed by atoms with van der Waals surface area (Å²) in [6.45, 7) is 8.33. The van der Waals surface area contributed by atoms with Gasteiger partial charge in [0.25, 0.3) is 5.69 Å². The summed E-state index contributed by atoms with van der Waals surface area (Å²) >= 11 is 0. The van der Waals surface area contributed by atoms with E-state index in [2.05, 4.69) is 0 Å². The van der Waals surface area contributed by atoms with Crippen LogP contribution in [0.2, 0.25) is 0 Å². The van der Waals surface area contributed by atoms with Gasteiger partial charge >= 0.3 is 12.1 Å². The zero-order chi connectivity index (χ0) is 23.6. The van der Waals surface area contributed by atoms with Gasteiger partial charge in [-0.15, -0.1) is 0 Å². The fraction of sp³-hybridized carbons (Fsp3) is 0.600. The van der Waals surface area contributed by atoms with Gasteiger partial charge in [0.15, 0.2) is 9.84 Å². The van der Waals surface area contributed by atoms with Crippen LogP contribution in [0.1, 0.15) is 52.6 Å². The van der Waals surface area contributed by atoms with Gasteiger partial charge < -0.3 is 14.4 Å². The zero-order valence-electron chi connectivity index (χ0n) is 18.3. The van der Waals surface area contributed by atoms with Crippen LogP contribution < -0.4 is 0 Å². The van der Waals surface area contributed by atoms with E-state index in [4.69, 9.17) is 9.47 Å². The van der Waals surface area contributed by atoms with Crippen LogP contribution in [0.5, 0.6) is 0 Å². The van der Waals surface area contributed by atoms with E-state index < -0.39 is 44.4 Å². The summed E-state index contributed by atoms with van der Waals surface area (Å²) in [5.41, 5.74) is -1.16. The Morgan fingerprint density at radius 2 is 1.90 bits per heavy atom. The van der Waals surface area contributed by atoms with Crippen LogP contribution in [0.25, 0.3) is 0 Å². The molecule has 1 heterocycles. The van der Waals surface area contributed by atoms with E-state index in [1.165, 1.54) is 11.8 Å². The molecule has 2 atom stereocenters. The van der Waals surface area contributed by atoms with Crippen molar-refractivity contribution in [3.63, 3.8) is 0 Å². The summed E-state index contributed by atoms with van der Waals surface area (Å²) in [6.07, 6.45) is -0.535. The first-order valence-corrected chi connectivity index (χ1v) is 11.6. The Morgan fingerprint density at radius 3 is 2.42 bits per heavy atom. The van der Waals surface area contributed by atoms with Crippen molar-refractivity contribution in [1.82, 2.24) is 4.90 Å². The van der Waals surface area contributed by atoms with Crippen molar-refractivity contribution in [2.45, 2.75) is 57.6 Å². The van der Waals surface area contributed by atoms with Crippen LogP contribution >= 0.6 is 0 Å². The Balaban J connectivity index is 2.70. The highest BCUT2D eigenvalue weighted by Gasteiger charge is 2.46. The number of nitro groups is 1. The molecule has 0 radical (unpaired) electrons. The van der Waals surface area contributed by atoms with Crippen molar-refractivity contribution >= 4 is 27.6 Å². The highest BCUT2D eigenvalue weighted by atomic mass is 32.2. The highest BCUT2D eigenvalue weighted by Crippen LogP contribution is 2.42. The molecule has 0 spiro atoms. The Hall–Kier alpha value is -2.69. The topological polar surface area (TPSA) is 133 Å². The third-order valence-corrected chi connectivity index (χ3v) is 6.66. The summed E-state index contributed by atoms with van der Waals surface area (Å²) in [7, 11) is -3.81. The first kappa shape index (κ1) is 24.6. The second kappa shape index (κ2) is 9.21. The molecular formula is C20H28N2O8S. The van der Waals surface area contributed by atoms with Gasteiger partial charge in [0.05, 0.1) is 34.1 Å². The molecule has 1 aliphatic heterocycles. The number of ether oxygens (including phenoxy) is 2. The van der Waals surface area contributed by atoms with E-state index in [-0.39, 0.29) is 41.5 Å². The van der Waals surface area contributed by atoms with Crippen molar-refractivity contribution in [2.75, 3.05) is 18.9 Å². The summed E-state index contributed by atoms with van der Waals surface area (Å²) in [5.74, 6) is -1.74. The molecule has 1 unspecified atom stereocenters. The molecule has 0 aromatic heterocycles. The fourth-order valence-electron chi connectivity index (χ4n) is 3.52. The van der Waals surface area contributed by atoms with E-state index in [1.807, 2.05) is 0 Å². The second-order valence-electron chi connectivity index (χ2n) is 8.15. The van der Waals surface area contributed by atoms with Gasteiger partial charge in [-0.25, -0.2) is 13.2 Å². The Kier molecular flexibility index (Phi) is 7.30. The second-order valence-corrected chi connectivity index (χ2v) is 10.4. The maximum Gasteiger partial charge on any atom is 0.410 e. The maximum absolute atomic E-state index is 12.9. The molecule has 31 heavy (non-hydrogen) atoms. The number of carbonyl (C=O) groups excluding carboxylic acids is 2. The number of benzene rings is 1. The molecule has 10 nitrogen and oxygen atoms in total. The van der Waals surface area contributed by atoms with Gasteiger partial charge in [0.1, 0.15) is 5.60 Å². The molecule has 1 saturated heterocycles. The van der Waals surface area contributed by atoms with Gasteiger partial charge in [-0.2, -0.15) is 0 Å². The van der Waals surface area contributed by atoms with Crippen LogP contribution in [-0.4, -0.2) is 54.8 Å². The molecule has 2 rings (SSSR count). The predicted molar refractivity (Wildman–Crippen MR) is 111 cm³/mol. The molecule has 0 aliphatic carbocycles. The number of non-ortho nitro benzene ring substituents is 1. The molecule has 1 aromatic carbocycles. The van der Waals surface area contributed by atoms with E-state index in [1.54, 1.807) is 27.7 Å². The summed E-state index contributed by atoms with van der Waals surface area (Å²) in [4.78, 5) is 37.4. The minimum atomic E-state index is -3.81. The molecule has 1 aliphatic rings. The van der Waals surface area contributed by atoms with Crippen LogP contribution in [0.3, 0.4) is 0 Å². The smallest absolute Gasteiger partial charge is 0.410 e. The number of nitrogens with zero attached hydrogens (tertiary/aromatic N) is 2. The van der Waals surface area contributed by atoms with Crippen LogP contribution in [0.4, 0.5) is 10.5 Å². The van der Waals surface area contributed by atoms with E-state index in [0.717, 1.165) is 18.2 Å². The third-order valence-electron chi connectivity index (χ3n) is 4.85. The lowest BCUT2D eigenvalue weighted by molar-refractivity contribution is -0.385. The summed E-state index contributed by atoms with van der Waals surface area (Å²) in [5, 5.41) is 11.4. The number of nitro benzene ring substituents is 1. The number of hydrogen-bond acceptors (Lipinski definition) is 8. The first-order valence-electron chi connectivity index (χ1n) is 9.99. The SMILES string of the molecule is CCOC(=O)[C@@H]1CCN(C(=O)OC(C)(C)C)C1c1cc([N+](=O)[O-])ccc1S(=O)(=O)CC. The van der Waals surface area contributed by atoms with Crippen molar-refractivity contribution < 1.29 is 32.4 Å². The van der Waals surface area contributed by atoms with Gasteiger partial charge in [0.2, 0.25) is 0 Å². The van der Waals surface area contributed by atoms with Crippen LogP contribution in [0.15, 0.2) is 23.1 Å². The minimum absolute atomic E-state index is 0.0115. The summed E-state index contributed by atoms with van der Waals surface area (Å²) in [6, 6.07) is 2.28. The van der Waals surface area contributed by atoms with E-state index >= 15 is 0 Å². The Labute approximate surface area is 181 Å². The molecule has 172 valence electrons. The Bertz CT molecular complexity index is 968. The third kappa shape index (κ3) is 5.52. The first-order chi connectivity index (χ1) is 14.3. The molecular weight excluding hydrogens is 428 g/mol. The van der Waals surface area contributed by atoms with Crippen molar-refractivity contribution in [2.24, 2.45) is 5.92 Å². The van der Waals surface area contributed by atoms with E-state index in [0.29, 0.717) is 0 Å². The predicted octanol–water partition coefficient (Wildman–Crippen LogP) is 3.25. The van der Waals surface area contributed by atoms with Crippen molar-refractivity contribution in [1.29, 1.82) is 0 Å². The minimum Gasteiger partial charge on any atom is -0.466 e. The molecule has 11 heteroatoms. The number of esters is 1. The fourth-order valence-corrected chi connectivity index (χ4v) is 4.64. The number of hydrogen-bond donors (Lipinski definition) is 0. The quantitative estimate of drug-likeness (QED) is 0.362. The largest absolute Gasteiger partial charge is 0.466 e. The molecule has 0 bridgehead atoms. The Morgan fingerprint density at radius 1 is 1.26 bits per heavy atom. The van der Waals surface area contributed by atoms with Gasteiger partial charge in [-0.3, -0.25) is 14.9 Å². The lowest BCUT2D eigenvalue weighted by Gasteiger charge is -2.31. The van der Waals surface area contributed by atoms with Gasteiger partial charge in [-0.05, 0) is 40.2 Å². The summed E-state index contributed by atoms with van der Waals surface area (Å²) < 4.78 is 36.1. The average Bonchev–Trinajstić information content (AvgIpc) is 3.11. The zero-order valence-corrected chi connectivity index (χ0v) is 19.1.